The summed E-state index contributed by atoms with van der Waals surface area (Å²) < 4.78 is 0. The maximum atomic E-state index is 6.11. The van der Waals surface area contributed by atoms with Crippen LogP contribution < -0.4 is 11.1 Å². The van der Waals surface area contributed by atoms with Crippen LogP contribution in [0.3, 0.4) is 0 Å². The van der Waals surface area contributed by atoms with E-state index in [1.165, 1.54) is 0 Å². The lowest BCUT2D eigenvalue weighted by Crippen LogP contribution is -2.03. The number of nitrogens with two attached hydrogens (primary N) is 1. The summed E-state index contributed by atoms with van der Waals surface area (Å²) in [5.41, 5.74) is 9.70. The Morgan fingerprint density at radius 3 is 2.56 bits per heavy atom. The molecule has 0 bridgehead atoms. The van der Waals surface area contributed by atoms with E-state index in [0.717, 1.165) is 22.5 Å². The fourth-order valence-electron chi connectivity index (χ4n) is 1.70. The number of rotatable bonds is 3. The molecule has 0 amide bonds. The SMILES string of the molecule is Cc1ccc(NCc2ccc(Cl)cc2Cl)c(N)c1. The van der Waals surface area contributed by atoms with E-state index in [2.05, 4.69) is 5.32 Å². The van der Waals surface area contributed by atoms with Crippen LogP contribution in [0.15, 0.2) is 36.4 Å². The van der Waals surface area contributed by atoms with Crippen LogP contribution in [0.4, 0.5) is 11.4 Å². The van der Waals surface area contributed by atoms with Crippen molar-refractivity contribution in [3.05, 3.63) is 57.6 Å². The van der Waals surface area contributed by atoms with Crippen LogP contribution >= 0.6 is 23.2 Å². The van der Waals surface area contributed by atoms with Crippen LogP contribution in [-0.2, 0) is 6.54 Å². The number of benzene rings is 2. The minimum atomic E-state index is 0.614. The van der Waals surface area contributed by atoms with Crippen molar-refractivity contribution >= 4 is 34.6 Å². The molecule has 0 aliphatic rings. The molecule has 0 unspecified atom stereocenters. The van der Waals surface area contributed by atoms with Crippen molar-refractivity contribution in [2.45, 2.75) is 13.5 Å². The summed E-state index contributed by atoms with van der Waals surface area (Å²) in [4.78, 5) is 0. The summed E-state index contributed by atoms with van der Waals surface area (Å²) in [6, 6.07) is 11.4. The van der Waals surface area contributed by atoms with E-state index in [1.807, 2.05) is 37.3 Å². The highest BCUT2D eigenvalue weighted by Gasteiger charge is 2.03. The minimum absolute atomic E-state index is 0.614. The van der Waals surface area contributed by atoms with Gasteiger partial charge in [-0.25, -0.2) is 0 Å². The van der Waals surface area contributed by atoms with Gasteiger partial charge >= 0.3 is 0 Å². The van der Waals surface area contributed by atoms with E-state index in [4.69, 9.17) is 28.9 Å². The maximum Gasteiger partial charge on any atom is 0.0576 e. The number of aryl methyl sites for hydroxylation is 1. The number of nitrogens with one attached hydrogen (secondary N) is 1. The van der Waals surface area contributed by atoms with Crippen LogP contribution in [0.1, 0.15) is 11.1 Å². The van der Waals surface area contributed by atoms with Gasteiger partial charge in [0, 0.05) is 16.6 Å². The number of hydrogen-bond acceptors (Lipinski definition) is 2. The first-order valence-electron chi connectivity index (χ1n) is 5.60. The lowest BCUT2D eigenvalue weighted by atomic mass is 10.1. The summed E-state index contributed by atoms with van der Waals surface area (Å²) in [7, 11) is 0. The Morgan fingerprint density at radius 1 is 1.11 bits per heavy atom. The van der Waals surface area contributed by atoms with Gasteiger partial charge in [-0.05, 0) is 42.3 Å². The molecule has 0 aliphatic carbocycles. The van der Waals surface area contributed by atoms with E-state index in [0.29, 0.717) is 16.6 Å². The predicted octanol–water partition coefficient (Wildman–Crippen LogP) is 4.50. The second-order valence-electron chi connectivity index (χ2n) is 4.18. The van der Waals surface area contributed by atoms with Crippen molar-refractivity contribution in [3.63, 3.8) is 0 Å². The molecule has 2 rings (SSSR count). The molecule has 2 nitrogen and oxygen atoms in total. The standard InChI is InChI=1S/C14H14Cl2N2/c1-9-2-5-14(13(17)6-9)18-8-10-3-4-11(15)7-12(10)16/h2-7,18H,8,17H2,1H3. The van der Waals surface area contributed by atoms with Crippen LogP contribution in [0.2, 0.25) is 10.0 Å². The molecule has 94 valence electrons. The van der Waals surface area contributed by atoms with Crippen molar-refractivity contribution in [3.8, 4) is 0 Å². The molecule has 0 heterocycles. The average Bonchev–Trinajstić information content (AvgIpc) is 2.30. The van der Waals surface area contributed by atoms with Crippen molar-refractivity contribution in [1.82, 2.24) is 0 Å². The fraction of sp³-hybridized carbons (Fsp3) is 0.143. The Labute approximate surface area is 117 Å². The second-order valence-corrected chi connectivity index (χ2v) is 5.02. The van der Waals surface area contributed by atoms with E-state index < -0.39 is 0 Å². The van der Waals surface area contributed by atoms with Crippen molar-refractivity contribution in [2.24, 2.45) is 0 Å². The molecule has 0 aromatic heterocycles. The highest BCUT2D eigenvalue weighted by atomic mass is 35.5. The van der Waals surface area contributed by atoms with Gasteiger partial charge < -0.3 is 11.1 Å². The lowest BCUT2D eigenvalue weighted by Gasteiger charge is -2.11. The van der Waals surface area contributed by atoms with E-state index in [-0.39, 0.29) is 0 Å². The van der Waals surface area contributed by atoms with Gasteiger partial charge in [-0.1, -0.05) is 35.3 Å². The van der Waals surface area contributed by atoms with Crippen LogP contribution in [0, 0.1) is 6.92 Å². The first-order chi connectivity index (χ1) is 8.56. The molecule has 0 saturated heterocycles. The Balaban J connectivity index is 2.11. The van der Waals surface area contributed by atoms with Gasteiger partial charge in [0.2, 0.25) is 0 Å². The molecule has 0 aliphatic heterocycles. The lowest BCUT2D eigenvalue weighted by molar-refractivity contribution is 1.15. The first-order valence-corrected chi connectivity index (χ1v) is 6.36. The van der Waals surface area contributed by atoms with Crippen molar-refractivity contribution in [1.29, 1.82) is 0 Å². The van der Waals surface area contributed by atoms with E-state index >= 15 is 0 Å². The van der Waals surface area contributed by atoms with Gasteiger partial charge in [0.25, 0.3) is 0 Å². The largest absolute Gasteiger partial charge is 0.397 e. The molecular weight excluding hydrogens is 267 g/mol. The van der Waals surface area contributed by atoms with Gasteiger partial charge in [0.1, 0.15) is 0 Å². The van der Waals surface area contributed by atoms with Crippen LogP contribution in [0.25, 0.3) is 0 Å². The molecule has 4 heteroatoms. The Morgan fingerprint density at radius 2 is 1.89 bits per heavy atom. The predicted molar refractivity (Wildman–Crippen MR) is 79.4 cm³/mol. The molecular formula is C14H14Cl2N2. The van der Waals surface area contributed by atoms with E-state index in [9.17, 15) is 0 Å². The van der Waals surface area contributed by atoms with Crippen molar-refractivity contribution < 1.29 is 0 Å². The summed E-state index contributed by atoms with van der Waals surface area (Å²) in [6.45, 7) is 2.62. The summed E-state index contributed by atoms with van der Waals surface area (Å²) in [5.74, 6) is 0. The molecule has 18 heavy (non-hydrogen) atoms. The molecule has 0 atom stereocenters. The van der Waals surface area contributed by atoms with Gasteiger partial charge in [-0.3, -0.25) is 0 Å². The minimum Gasteiger partial charge on any atom is -0.397 e. The molecule has 2 aromatic carbocycles. The zero-order valence-electron chi connectivity index (χ0n) is 10.0. The number of anilines is 2. The smallest absolute Gasteiger partial charge is 0.0576 e. The van der Waals surface area contributed by atoms with E-state index in [1.54, 1.807) is 6.07 Å². The Kier molecular flexibility index (Phi) is 4.00. The third-order valence-electron chi connectivity index (χ3n) is 2.69. The Bertz CT molecular complexity index is 516. The molecule has 2 aromatic rings. The topological polar surface area (TPSA) is 38.0 Å². The zero-order chi connectivity index (χ0) is 13.1. The van der Waals surface area contributed by atoms with Gasteiger partial charge in [0.15, 0.2) is 0 Å². The van der Waals surface area contributed by atoms with Crippen LogP contribution in [-0.4, -0.2) is 0 Å². The first kappa shape index (κ1) is 13.1. The third kappa shape index (κ3) is 3.09. The fourth-order valence-corrected chi connectivity index (χ4v) is 2.17. The zero-order valence-corrected chi connectivity index (χ0v) is 11.5. The van der Waals surface area contributed by atoms with Crippen LogP contribution in [0.5, 0.6) is 0 Å². The monoisotopic (exact) mass is 280 g/mol. The average molecular weight is 281 g/mol. The van der Waals surface area contributed by atoms with Crippen molar-refractivity contribution in [2.75, 3.05) is 11.1 Å². The maximum absolute atomic E-state index is 6.11. The molecule has 0 spiro atoms. The van der Waals surface area contributed by atoms with Gasteiger partial charge in [-0.2, -0.15) is 0 Å². The summed E-state index contributed by atoms with van der Waals surface area (Å²) in [6.07, 6.45) is 0. The third-order valence-corrected chi connectivity index (χ3v) is 3.28. The van der Waals surface area contributed by atoms with Gasteiger partial charge in [-0.15, -0.1) is 0 Å². The molecule has 0 saturated carbocycles. The summed E-state index contributed by atoms with van der Waals surface area (Å²) in [5, 5.41) is 4.56. The highest BCUT2D eigenvalue weighted by Crippen LogP contribution is 2.24. The quantitative estimate of drug-likeness (QED) is 0.813. The molecule has 0 radical (unpaired) electrons. The number of nitrogen functional groups attached to an aromatic ring is 1. The molecule has 0 fully saturated rings. The normalized spacial score (nSPS) is 10.4. The summed E-state index contributed by atoms with van der Waals surface area (Å²) >= 11 is 12.0. The Hall–Kier alpha value is -1.38. The number of hydrogen-bond donors (Lipinski definition) is 2. The van der Waals surface area contributed by atoms with Gasteiger partial charge in [0.05, 0.1) is 11.4 Å². The molecule has 3 N–H and O–H groups in total. The second kappa shape index (κ2) is 5.51. The highest BCUT2D eigenvalue weighted by molar-refractivity contribution is 6.35. The number of halogens is 2.